The smallest absolute Gasteiger partial charge is 0.225 e. The Morgan fingerprint density at radius 2 is 1.97 bits per heavy atom. The minimum Gasteiger partial charge on any atom is -0.445 e. The van der Waals surface area contributed by atoms with Crippen LogP contribution in [0.5, 0.6) is 0 Å². The molecule has 148 valence electrons. The van der Waals surface area contributed by atoms with Crippen molar-refractivity contribution in [2.24, 2.45) is 0 Å². The predicted molar refractivity (Wildman–Crippen MR) is 120 cm³/mol. The highest BCUT2D eigenvalue weighted by Gasteiger charge is 2.22. The molecule has 0 aliphatic heterocycles. The first kappa shape index (κ1) is 18.2. The number of aryl methyl sites for hydroxylation is 2. The van der Waals surface area contributed by atoms with Gasteiger partial charge in [-0.15, -0.1) is 0 Å². The SMILES string of the molecule is C=C1CCc2c1ccc1c2c2cc(-c3ncco3)ccc2n1CCCCN(C)C. The molecule has 0 radical (unpaired) electrons. The number of fused-ring (bicyclic) bond motifs is 5. The first-order chi connectivity index (χ1) is 14.1. The zero-order chi connectivity index (χ0) is 20.0. The molecular weight excluding hydrogens is 358 g/mol. The molecule has 1 aliphatic rings. The molecule has 1 aliphatic carbocycles. The molecular formula is C25H27N3O. The average molecular weight is 386 g/mol. The summed E-state index contributed by atoms with van der Waals surface area (Å²) in [5.41, 5.74) is 7.72. The van der Waals surface area contributed by atoms with E-state index in [0.717, 1.165) is 31.5 Å². The summed E-state index contributed by atoms with van der Waals surface area (Å²) in [5.74, 6) is 0.677. The van der Waals surface area contributed by atoms with Crippen LogP contribution in [0.2, 0.25) is 0 Å². The molecule has 0 unspecified atom stereocenters. The second-order valence-corrected chi connectivity index (χ2v) is 8.32. The summed E-state index contributed by atoms with van der Waals surface area (Å²) in [6.07, 6.45) is 7.84. The van der Waals surface area contributed by atoms with Gasteiger partial charge in [-0.25, -0.2) is 4.98 Å². The summed E-state index contributed by atoms with van der Waals surface area (Å²) in [7, 11) is 4.28. The summed E-state index contributed by atoms with van der Waals surface area (Å²) < 4.78 is 8.06. The molecule has 2 aromatic heterocycles. The molecule has 0 N–H and O–H groups in total. The van der Waals surface area contributed by atoms with Crippen molar-refractivity contribution in [1.82, 2.24) is 14.5 Å². The lowest BCUT2D eigenvalue weighted by atomic mass is 10.0. The van der Waals surface area contributed by atoms with Crippen molar-refractivity contribution in [2.75, 3.05) is 20.6 Å². The molecule has 0 saturated heterocycles. The third-order valence-electron chi connectivity index (χ3n) is 6.11. The largest absolute Gasteiger partial charge is 0.445 e. The molecule has 4 aromatic rings. The van der Waals surface area contributed by atoms with Crippen molar-refractivity contribution < 1.29 is 4.42 Å². The Bertz CT molecular complexity index is 1200. The Labute approximate surface area is 171 Å². The number of hydrogen-bond acceptors (Lipinski definition) is 3. The fraction of sp³-hybridized carbons (Fsp3) is 0.320. The van der Waals surface area contributed by atoms with E-state index in [9.17, 15) is 0 Å². The van der Waals surface area contributed by atoms with Crippen LogP contribution in [-0.2, 0) is 13.0 Å². The lowest BCUT2D eigenvalue weighted by Crippen LogP contribution is -2.13. The minimum absolute atomic E-state index is 0.677. The van der Waals surface area contributed by atoms with Crippen LogP contribution in [0.15, 0.2) is 53.8 Å². The van der Waals surface area contributed by atoms with Crippen LogP contribution in [-0.4, -0.2) is 35.1 Å². The van der Waals surface area contributed by atoms with Gasteiger partial charge in [0.25, 0.3) is 0 Å². The molecule has 4 nitrogen and oxygen atoms in total. The second kappa shape index (κ2) is 7.20. The summed E-state index contributed by atoms with van der Waals surface area (Å²) in [5, 5.41) is 2.69. The van der Waals surface area contributed by atoms with Crippen LogP contribution in [0.4, 0.5) is 0 Å². The third-order valence-corrected chi connectivity index (χ3v) is 6.11. The Balaban J connectivity index is 1.68. The number of benzene rings is 2. The summed E-state index contributed by atoms with van der Waals surface area (Å²) in [6.45, 7) is 6.45. The van der Waals surface area contributed by atoms with E-state index in [1.807, 2.05) is 0 Å². The molecule has 0 saturated carbocycles. The second-order valence-electron chi connectivity index (χ2n) is 8.32. The standard InChI is InChI=1S/C25H27N3O/c1-17-6-8-20-19(17)9-11-23-24(20)21-16-18(25-26-12-15-29-25)7-10-22(21)28(23)14-5-4-13-27(2)3/h7,9-12,15-16H,1,4-6,8,13-14H2,2-3H3. The van der Waals surface area contributed by atoms with Crippen LogP contribution in [0.1, 0.15) is 30.4 Å². The predicted octanol–water partition coefficient (Wildman–Crippen LogP) is 5.75. The number of unbranched alkanes of at least 4 members (excludes halogenated alkanes) is 1. The van der Waals surface area contributed by atoms with E-state index in [0.29, 0.717) is 5.89 Å². The lowest BCUT2D eigenvalue weighted by Gasteiger charge is -2.11. The van der Waals surface area contributed by atoms with E-state index in [-0.39, 0.29) is 0 Å². The zero-order valence-corrected chi connectivity index (χ0v) is 17.2. The molecule has 5 rings (SSSR count). The first-order valence-corrected chi connectivity index (χ1v) is 10.4. The Morgan fingerprint density at radius 1 is 1.10 bits per heavy atom. The van der Waals surface area contributed by atoms with Gasteiger partial charge in [-0.3, -0.25) is 0 Å². The van der Waals surface area contributed by atoms with Crippen LogP contribution >= 0.6 is 0 Å². The minimum atomic E-state index is 0.677. The Kier molecular flexibility index (Phi) is 4.51. The molecule has 0 fully saturated rings. The molecule has 0 spiro atoms. The van der Waals surface area contributed by atoms with Gasteiger partial charge in [0, 0.05) is 33.9 Å². The number of allylic oxidation sites excluding steroid dienone is 1. The summed E-state index contributed by atoms with van der Waals surface area (Å²) >= 11 is 0. The van der Waals surface area contributed by atoms with E-state index in [1.165, 1.54) is 51.3 Å². The normalized spacial score (nSPS) is 13.8. The van der Waals surface area contributed by atoms with Crippen molar-refractivity contribution in [2.45, 2.75) is 32.2 Å². The van der Waals surface area contributed by atoms with Crippen molar-refractivity contribution >= 4 is 27.4 Å². The van der Waals surface area contributed by atoms with Crippen LogP contribution in [0.25, 0.3) is 38.8 Å². The lowest BCUT2D eigenvalue weighted by molar-refractivity contribution is 0.389. The first-order valence-electron chi connectivity index (χ1n) is 10.4. The fourth-order valence-corrected chi connectivity index (χ4v) is 4.70. The van der Waals surface area contributed by atoms with Gasteiger partial charge in [0.15, 0.2) is 0 Å². The fourth-order valence-electron chi connectivity index (χ4n) is 4.70. The van der Waals surface area contributed by atoms with Crippen molar-refractivity contribution in [3.63, 3.8) is 0 Å². The highest BCUT2D eigenvalue weighted by atomic mass is 16.3. The van der Waals surface area contributed by atoms with Crippen LogP contribution < -0.4 is 0 Å². The van der Waals surface area contributed by atoms with E-state index in [4.69, 9.17) is 4.42 Å². The molecule has 0 amide bonds. The number of aromatic nitrogens is 2. The van der Waals surface area contributed by atoms with E-state index >= 15 is 0 Å². The maximum atomic E-state index is 5.56. The van der Waals surface area contributed by atoms with E-state index < -0.39 is 0 Å². The Hall–Kier alpha value is -2.85. The highest BCUT2D eigenvalue weighted by molar-refractivity contribution is 6.12. The van der Waals surface area contributed by atoms with Crippen LogP contribution in [0, 0.1) is 0 Å². The quantitative estimate of drug-likeness (QED) is 0.396. The topological polar surface area (TPSA) is 34.2 Å². The van der Waals surface area contributed by atoms with Gasteiger partial charge in [0.1, 0.15) is 6.26 Å². The number of oxazole rings is 1. The van der Waals surface area contributed by atoms with Crippen molar-refractivity contribution in [3.8, 4) is 11.5 Å². The van der Waals surface area contributed by atoms with Gasteiger partial charge < -0.3 is 13.9 Å². The van der Waals surface area contributed by atoms with Crippen LogP contribution in [0.3, 0.4) is 0 Å². The van der Waals surface area contributed by atoms with Gasteiger partial charge in [-0.1, -0.05) is 12.6 Å². The highest BCUT2D eigenvalue weighted by Crippen LogP contribution is 2.41. The molecule has 2 aromatic carbocycles. The van der Waals surface area contributed by atoms with Gasteiger partial charge in [0.05, 0.1) is 6.20 Å². The van der Waals surface area contributed by atoms with Crippen molar-refractivity contribution in [1.29, 1.82) is 0 Å². The van der Waals surface area contributed by atoms with E-state index in [1.54, 1.807) is 12.5 Å². The van der Waals surface area contributed by atoms with Gasteiger partial charge in [-0.05, 0) is 87.3 Å². The molecule has 0 bridgehead atoms. The average Bonchev–Trinajstić information content (AvgIpc) is 3.43. The molecule has 0 atom stereocenters. The molecule has 29 heavy (non-hydrogen) atoms. The number of hydrogen-bond donors (Lipinski definition) is 0. The van der Waals surface area contributed by atoms with Gasteiger partial charge in [0.2, 0.25) is 5.89 Å². The maximum absolute atomic E-state index is 5.56. The van der Waals surface area contributed by atoms with Crippen molar-refractivity contribution in [3.05, 3.63) is 60.5 Å². The third kappa shape index (κ3) is 3.08. The monoisotopic (exact) mass is 385 g/mol. The number of nitrogens with zero attached hydrogens (tertiary/aromatic N) is 3. The molecule has 4 heteroatoms. The Morgan fingerprint density at radius 3 is 2.76 bits per heavy atom. The number of rotatable bonds is 6. The maximum Gasteiger partial charge on any atom is 0.225 e. The van der Waals surface area contributed by atoms with Gasteiger partial charge >= 0.3 is 0 Å². The summed E-state index contributed by atoms with van der Waals surface area (Å²) in [4.78, 5) is 6.61. The summed E-state index contributed by atoms with van der Waals surface area (Å²) in [6, 6.07) is 11.2. The van der Waals surface area contributed by atoms with E-state index in [2.05, 4.69) is 65.5 Å². The zero-order valence-electron chi connectivity index (χ0n) is 17.2. The molecule has 2 heterocycles. The van der Waals surface area contributed by atoms with Gasteiger partial charge in [-0.2, -0.15) is 0 Å².